The lowest BCUT2D eigenvalue weighted by Crippen LogP contribution is -2.04. The molecule has 1 heterocycles. The van der Waals surface area contributed by atoms with E-state index in [1.165, 1.54) is 11.1 Å². The molecule has 1 aromatic carbocycles. The molecule has 4 nitrogen and oxygen atoms in total. The number of carbonyl (C=O) groups is 1. The molecule has 1 N–H and O–H groups in total. The molecule has 0 fully saturated rings. The number of hydrogen-bond acceptors (Lipinski definition) is 2. The van der Waals surface area contributed by atoms with Gasteiger partial charge in [-0.25, -0.2) is 4.68 Å². The van der Waals surface area contributed by atoms with E-state index in [4.69, 9.17) is 5.11 Å². The monoisotopic (exact) mass is 258 g/mol. The van der Waals surface area contributed by atoms with E-state index in [0.29, 0.717) is 0 Å². The zero-order valence-electron chi connectivity index (χ0n) is 11.7. The van der Waals surface area contributed by atoms with Crippen LogP contribution in [0.25, 0.3) is 5.69 Å². The van der Waals surface area contributed by atoms with Crippen LogP contribution < -0.4 is 0 Å². The summed E-state index contributed by atoms with van der Waals surface area (Å²) in [7, 11) is 0. The molecule has 0 unspecified atom stereocenters. The predicted octanol–water partition coefficient (Wildman–Crippen LogP) is 2.73. The molecule has 0 amide bonds. The maximum atomic E-state index is 10.9. The van der Waals surface area contributed by atoms with Crippen LogP contribution in [-0.4, -0.2) is 20.9 Å². The van der Waals surface area contributed by atoms with Crippen LogP contribution in [0.1, 0.15) is 28.1 Å². The number of aryl methyl sites for hydroxylation is 3. The molecule has 0 aliphatic rings. The summed E-state index contributed by atoms with van der Waals surface area (Å²) in [6.45, 7) is 7.88. The van der Waals surface area contributed by atoms with Gasteiger partial charge in [-0.15, -0.1) is 0 Å². The van der Waals surface area contributed by atoms with Gasteiger partial charge in [-0.1, -0.05) is 6.07 Å². The van der Waals surface area contributed by atoms with Crippen molar-refractivity contribution in [2.75, 3.05) is 0 Å². The lowest BCUT2D eigenvalue weighted by Gasteiger charge is -2.07. The standard InChI is InChI=1S/C15H18N2O2/c1-9-5-6-13(7-10(9)2)17-12(4)14(8-15(18)19)11(3)16-17/h5-7H,8H2,1-4H3,(H,18,19). The van der Waals surface area contributed by atoms with Crippen molar-refractivity contribution in [2.45, 2.75) is 34.1 Å². The zero-order valence-corrected chi connectivity index (χ0v) is 11.7. The van der Waals surface area contributed by atoms with Crippen molar-refractivity contribution in [1.29, 1.82) is 0 Å². The van der Waals surface area contributed by atoms with Crippen molar-refractivity contribution in [3.63, 3.8) is 0 Å². The fourth-order valence-corrected chi connectivity index (χ4v) is 2.19. The third-order valence-corrected chi connectivity index (χ3v) is 3.50. The molecule has 2 aromatic rings. The molecule has 0 bridgehead atoms. The highest BCUT2D eigenvalue weighted by atomic mass is 16.4. The second-order valence-electron chi connectivity index (χ2n) is 4.90. The maximum absolute atomic E-state index is 10.9. The molecule has 0 aliphatic carbocycles. The summed E-state index contributed by atoms with van der Waals surface area (Å²) >= 11 is 0. The van der Waals surface area contributed by atoms with Gasteiger partial charge >= 0.3 is 5.97 Å². The summed E-state index contributed by atoms with van der Waals surface area (Å²) in [6, 6.07) is 6.13. The molecule has 100 valence electrons. The molecule has 19 heavy (non-hydrogen) atoms. The number of carboxylic acids is 1. The third kappa shape index (κ3) is 2.52. The molecule has 0 spiro atoms. The van der Waals surface area contributed by atoms with E-state index < -0.39 is 5.97 Å². The normalized spacial score (nSPS) is 10.7. The van der Waals surface area contributed by atoms with Crippen LogP contribution in [0.3, 0.4) is 0 Å². The fraction of sp³-hybridized carbons (Fsp3) is 0.333. The number of hydrogen-bond donors (Lipinski definition) is 1. The van der Waals surface area contributed by atoms with E-state index in [0.717, 1.165) is 22.6 Å². The minimum atomic E-state index is -0.828. The third-order valence-electron chi connectivity index (χ3n) is 3.50. The Bertz CT molecular complexity index is 642. The first-order valence-corrected chi connectivity index (χ1v) is 6.24. The second-order valence-corrected chi connectivity index (χ2v) is 4.90. The average Bonchev–Trinajstić information content (AvgIpc) is 2.60. The van der Waals surface area contributed by atoms with Crippen molar-refractivity contribution in [2.24, 2.45) is 0 Å². The van der Waals surface area contributed by atoms with Gasteiger partial charge in [0.05, 0.1) is 17.8 Å². The Kier molecular flexibility index (Phi) is 3.42. The van der Waals surface area contributed by atoms with E-state index in [9.17, 15) is 4.79 Å². The maximum Gasteiger partial charge on any atom is 0.307 e. The Morgan fingerprint density at radius 2 is 1.89 bits per heavy atom. The summed E-state index contributed by atoms with van der Waals surface area (Å²) in [5.41, 5.74) is 5.87. The lowest BCUT2D eigenvalue weighted by molar-refractivity contribution is -0.136. The Hall–Kier alpha value is -2.10. The Morgan fingerprint density at radius 3 is 2.47 bits per heavy atom. The van der Waals surface area contributed by atoms with Crippen molar-refractivity contribution in [3.8, 4) is 5.69 Å². The lowest BCUT2D eigenvalue weighted by atomic mass is 10.1. The SMILES string of the molecule is Cc1ccc(-n2nc(C)c(CC(=O)O)c2C)cc1C. The van der Waals surface area contributed by atoms with Crippen molar-refractivity contribution < 1.29 is 9.90 Å². The van der Waals surface area contributed by atoms with E-state index in [2.05, 4.69) is 31.1 Å². The number of aliphatic carboxylic acids is 1. The van der Waals surface area contributed by atoms with Gasteiger partial charge in [0.25, 0.3) is 0 Å². The Morgan fingerprint density at radius 1 is 1.21 bits per heavy atom. The smallest absolute Gasteiger partial charge is 0.307 e. The molecule has 0 radical (unpaired) electrons. The van der Waals surface area contributed by atoms with Crippen molar-refractivity contribution in [1.82, 2.24) is 9.78 Å². The van der Waals surface area contributed by atoms with Crippen molar-refractivity contribution in [3.05, 3.63) is 46.3 Å². The van der Waals surface area contributed by atoms with Crippen LogP contribution in [0.2, 0.25) is 0 Å². The Balaban J connectivity index is 2.51. The highest BCUT2D eigenvalue weighted by Gasteiger charge is 2.15. The predicted molar refractivity (Wildman–Crippen MR) is 73.9 cm³/mol. The molecule has 1 aromatic heterocycles. The van der Waals surface area contributed by atoms with Crippen LogP contribution in [0.15, 0.2) is 18.2 Å². The molecule has 0 saturated carbocycles. The number of carboxylic acid groups (broad SMARTS) is 1. The first kappa shape index (κ1) is 13.3. The molecule has 4 heteroatoms. The number of benzene rings is 1. The molecular formula is C15H18N2O2. The summed E-state index contributed by atoms with van der Waals surface area (Å²) in [6.07, 6.45) is 0.0164. The number of aromatic nitrogens is 2. The van der Waals surface area contributed by atoms with Gasteiger partial charge < -0.3 is 5.11 Å². The molecular weight excluding hydrogens is 240 g/mol. The quantitative estimate of drug-likeness (QED) is 0.921. The first-order chi connectivity index (χ1) is 8.90. The molecule has 0 atom stereocenters. The van der Waals surface area contributed by atoms with Crippen LogP contribution in [0.4, 0.5) is 0 Å². The number of rotatable bonds is 3. The molecule has 0 aliphatic heterocycles. The van der Waals surface area contributed by atoms with Gasteiger partial charge in [0.2, 0.25) is 0 Å². The van der Waals surface area contributed by atoms with Crippen LogP contribution in [0.5, 0.6) is 0 Å². The van der Waals surface area contributed by atoms with Gasteiger partial charge in [0, 0.05) is 11.3 Å². The minimum Gasteiger partial charge on any atom is -0.481 e. The van der Waals surface area contributed by atoms with Gasteiger partial charge in [0.1, 0.15) is 0 Å². The minimum absolute atomic E-state index is 0.0164. The van der Waals surface area contributed by atoms with E-state index in [-0.39, 0.29) is 6.42 Å². The van der Waals surface area contributed by atoms with Gasteiger partial charge in [0.15, 0.2) is 0 Å². The Labute approximate surface area is 112 Å². The van der Waals surface area contributed by atoms with Gasteiger partial charge in [-0.2, -0.15) is 5.10 Å². The largest absolute Gasteiger partial charge is 0.481 e. The summed E-state index contributed by atoms with van der Waals surface area (Å²) in [5, 5.41) is 13.4. The summed E-state index contributed by atoms with van der Waals surface area (Å²) < 4.78 is 1.82. The highest BCUT2D eigenvalue weighted by Crippen LogP contribution is 2.20. The van der Waals surface area contributed by atoms with Crippen LogP contribution >= 0.6 is 0 Å². The zero-order chi connectivity index (χ0) is 14.2. The van der Waals surface area contributed by atoms with E-state index >= 15 is 0 Å². The first-order valence-electron chi connectivity index (χ1n) is 6.24. The van der Waals surface area contributed by atoms with Crippen LogP contribution in [0, 0.1) is 27.7 Å². The van der Waals surface area contributed by atoms with E-state index in [1.807, 2.05) is 24.6 Å². The van der Waals surface area contributed by atoms with Gasteiger partial charge in [-0.3, -0.25) is 4.79 Å². The van der Waals surface area contributed by atoms with Gasteiger partial charge in [-0.05, 0) is 51.0 Å². The summed E-state index contributed by atoms with van der Waals surface area (Å²) in [5.74, 6) is -0.828. The van der Waals surface area contributed by atoms with Crippen molar-refractivity contribution >= 4 is 5.97 Å². The number of nitrogens with zero attached hydrogens (tertiary/aromatic N) is 2. The second kappa shape index (κ2) is 4.88. The molecule has 0 saturated heterocycles. The summed E-state index contributed by atoms with van der Waals surface area (Å²) in [4.78, 5) is 10.9. The topological polar surface area (TPSA) is 55.1 Å². The molecule has 2 rings (SSSR count). The highest BCUT2D eigenvalue weighted by molar-refractivity contribution is 5.71. The van der Waals surface area contributed by atoms with Crippen LogP contribution in [-0.2, 0) is 11.2 Å². The van der Waals surface area contributed by atoms with E-state index in [1.54, 1.807) is 0 Å². The average molecular weight is 258 g/mol. The fourth-order valence-electron chi connectivity index (χ4n) is 2.19.